The number of aromatic nitrogens is 4. The van der Waals surface area contributed by atoms with Gasteiger partial charge in [0.1, 0.15) is 28.7 Å². The molecule has 7 heteroatoms. The molecule has 0 atom stereocenters. The molecule has 0 aliphatic heterocycles. The molecule has 37 heavy (non-hydrogen) atoms. The summed E-state index contributed by atoms with van der Waals surface area (Å²) in [6, 6.07) is 10.0. The second-order valence-corrected chi connectivity index (χ2v) is 9.10. The number of pyridine rings is 2. The van der Waals surface area contributed by atoms with Gasteiger partial charge in [0.15, 0.2) is 0 Å². The number of benzene rings is 1. The van der Waals surface area contributed by atoms with E-state index in [4.69, 9.17) is 0 Å². The van der Waals surface area contributed by atoms with Crippen LogP contribution in [0.1, 0.15) is 31.2 Å². The summed E-state index contributed by atoms with van der Waals surface area (Å²) in [6.45, 7) is 9.91. The van der Waals surface area contributed by atoms with Crippen LogP contribution in [0.2, 0.25) is 0 Å². The minimum Gasteiger partial charge on any atom is -0.358 e. The first-order valence-electron chi connectivity index (χ1n) is 12.1. The van der Waals surface area contributed by atoms with E-state index in [1.54, 1.807) is 55.0 Å². The van der Waals surface area contributed by atoms with E-state index >= 15 is 4.39 Å². The van der Waals surface area contributed by atoms with Crippen LogP contribution >= 0.6 is 0 Å². The third-order valence-electron chi connectivity index (χ3n) is 6.31. The SMILES string of the molecule is C=C(/C(F)=C(\C=C/C)Cc1nc2c(-c3ccccc3F)nccc2[nH]1)c1cncc(NC(=C)C2CC2)c1. The van der Waals surface area contributed by atoms with E-state index in [1.807, 2.05) is 13.0 Å². The summed E-state index contributed by atoms with van der Waals surface area (Å²) in [5.74, 6) is 0.189. The van der Waals surface area contributed by atoms with Crippen LogP contribution in [0.5, 0.6) is 0 Å². The van der Waals surface area contributed by atoms with Gasteiger partial charge in [0, 0.05) is 41.2 Å². The van der Waals surface area contributed by atoms with Gasteiger partial charge in [-0.3, -0.25) is 9.97 Å². The fourth-order valence-electron chi connectivity index (χ4n) is 4.22. The van der Waals surface area contributed by atoms with Crippen molar-refractivity contribution >= 4 is 22.3 Å². The molecule has 5 nitrogen and oxygen atoms in total. The predicted molar refractivity (Wildman–Crippen MR) is 145 cm³/mol. The van der Waals surface area contributed by atoms with E-state index in [9.17, 15) is 4.39 Å². The molecular weight excluding hydrogens is 468 g/mol. The Balaban J connectivity index is 1.44. The molecular formula is C30H27F2N5. The maximum atomic E-state index is 15.8. The molecule has 0 amide bonds. The number of rotatable bonds is 9. The van der Waals surface area contributed by atoms with Crippen LogP contribution in [0, 0.1) is 11.7 Å². The van der Waals surface area contributed by atoms with Crippen molar-refractivity contribution in [3.05, 3.63) is 115 Å². The van der Waals surface area contributed by atoms with Crippen LogP contribution in [0.4, 0.5) is 14.5 Å². The van der Waals surface area contributed by atoms with Crippen molar-refractivity contribution in [2.45, 2.75) is 26.2 Å². The average Bonchev–Trinajstić information content (AvgIpc) is 3.67. The standard InChI is InChI=1S/C30H27F2N5/c1-4-7-21(28(32)18(2)22-14-23(17-33-16-22)35-19(3)20-10-11-20)15-27-36-26-12-13-34-29(30(26)37-27)24-8-5-6-9-25(24)31/h4-9,12-14,16-17,20,35H,2-3,10-11,15H2,1H3,(H,36,37)/b7-4-,28-21-. The summed E-state index contributed by atoms with van der Waals surface area (Å²) in [6.07, 6.45) is 10.8. The van der Waals surface area contributed by atoms with Gasteiger partial charge >= 0.3 is 0 Å². The fraction of sp³-hybridized carbons (Fsp3) is 0.167. The minimum atomic E-state index is -0.453. The average molecular weight is 496 g/mol. The lowest BCUT2D eigenvalue weighted by atomic mass is 10.0. The van der Waals surface area contributed by atoms with Gasteiger partial charge in [0.05, 0.1) is 17.4 Å². The van der Waals surface area contributed by atoms with Gasteiger partial charge in [0.25, 0.3) is 0 Å². The maximum Gasteiger partial charge on any atom is 0.134 e. The summed E-state index contributed by atoms with van der Waals surface area (Å²) in [7, 11) is 0. The largest absolute Gasteiger partial charge is 0.358 e. The Morgan fingerprint density at radius 3 is 2.76 bits per heavy atom. The minimum absolute atomic E-state index is 0.185. The predicted octanol–water partition coefficient (Wildman–Crippen LogP) is 7.55. The van der Waals surface area contributed by atoms with Crippen LogP contribution in [0.3, 0.4) is 0 Å². The zero-order chi connectivity index (χ0) is 25.9. The lowest BCUT2D eigenvalue weighted by molar-refractivity contribution is 0.631. The fourth-order valence-corrected chi connectivity index (χ4v) is 4.22. The number of hydrogen-bond acceptors (Lipinski definition) is 4. The monoisotopic (exact) mass is 495 g/mol. The topological polar surface area (TPSA) is 66.5 Å². The second-order valence-electron chi connectivity index (χ2n) is 9.10. The van der Waals surface area contributed by atoms with Crippen LogP contribution in [-0.2, 0) is 6.42 Å². The third kappa shape index (κ3) is 5.26. The smallest absolute Gasteiger partial charge is 0.134 e. The maximum absolute atomic E-state index is 15.8. The molecule has 3 heterocycles. The van der Waals surface area contributed by atoms with Gasteiger partial charge in [-0.05, 0) is 55.5 Å². The molecule has 5 rings (SSSR count). The number of H-pyrrole nitrogens is 1. The molecule has 2 N–H and O–H groups in total. The van der Waals surface area contributed by atoms with Crippen molar-refractivity contribution in [3.63, 3.8) is 0 Å². The molecule has 4 aromatic rings. The summed E-state index contributed by atoms with van der Waals surface area (Å²) in [4.78, 5) is 16.5. The highest BCUT2D eigenvalue weighted by atomic mass is 19.1. The molecule has 1 saturated carbocycles. The molecule has 0 bridgehead atoms. The number of hydrogen-bond donors (Lipinski definition) is 2. The number of allylic oxidation sites excluding steroid dienone is 6. The first-order valence-corrected chi connectivity index (χ1v) is 12.1. The Bertz CT molecular complexity index is 1560. The highest BCUT2D eigenvalue weighted by Crippen LogP contribution is 2.36. The summed E-state index contributed by atoms with van der Waals surface area (Å²) < 4.78 is 30.2. The highest BCUT2D eigenvalue weighted by molar-refractivity contribution is 5.89. The zero-order valence-corrected chi connectivity index (χ0v) is 20.6. The van der Waals surface area contributed by atoms with Crippen molar-refractivity contribution in [1.82, 2.24) is 19.9 Å². The molecule has 1 aliphatic carbocycles. The summed E-state index contributed by atoms with van der Waals surface area (Å²) in [5.41, 5.74) is 4.93. The molecule has 0 spiro atoms. The van der Waals surface area contributed by atoms with Crippen LogP contribution in [-0.4, -0.2) is 19.9 Å². The Hall–Kier alpha value is -4.39. The number of nitrogens with one attached hydrogen (secondary N) is 2. The van der Waals surface area contributed by atoms with Gasteiger partial charge in [-0.2, -0.15) is 0 Å². The van der Waals surface area contributed by atoms with Crippen LogP contribution in [0.25, 0.3) is 27.9 Å². The van der Waals surface area contributed by atoms with E-state index in [-0.39, 0.29) is 17.8 Å². The lowest BCUT2D eigenvalue weighted by Gasteiger charge is -2.11. The van der Waals surface area contributed by atoms with Crippen LogP contribution < -0.4 is 5.32 Å². The second kappa shape index (κ2) is 10.3. The van der Waals surface area contributed by atoms with Crippen LogP contribution in [0.15, 0.2) is 97.4 Å². The summed E-state index contributed by atoms with van der Waals surface area (Å²) in [5, 5.41) is 3.27. The molecule has 186 valence electrons. The Kier molecular flexibility index (Phi) is 6.77. The number of imidazole rings is 1. The molecule has 0 unspecified atom stereocenters. The quantitative estimate of drug-likeness (QED) is 0.235. The van der Waals surface area contributed by atoms with Crippen molar-refractivity contribution in [2.75, 3.05) is 5.32 Å². The van der Waals surface area contributed by atoms with Gasteiger partial charge in [-0.15, -0.1) is 0 Å². The molecule has 1 fully saturated rings. The number of anilines is 1. The van der Waals surface area contributed by atoms with Gasteiger partial charge in [-0.25, -0.2) is 13.8 Å². The number of halogens is 2. The molecule has 0 radical (unpaired) electrons. The highest BCUT2D eigenvalue weighted by Gasteiger charge is 2.24. The van der Waals surface area contributed by atoms with Crippen molar-refractivity contribution in [1.29, 1.82) is 0 Å². The van der Waals surface area contributed by atoms with Crippen molar-refractivity contribution in [3.8, 4) is 11.3 Å². The molecule has 1 aromatic carbocycles. The summed E-state index contributed by atoms with van der Waals surface area (Å²) >= 11 is 0. The molecule has 3 aromatic heterocycles. The van der Waals surface area contributed by atoms with Gasteiger partial charge in [0.2, 0.25) is 0 Å². The van der Waals surface area contributed by atoms with Gasteiger partial charge in [-0.1, -0.05) is 37.4 Å². The number of nitrogens with zero attached hydrogens (tertiary/aromatic N) is 3. The zero-order valence-electron chi connectivity index (χ0n) is 20.6. The Morgan fingerprint density at radius 1 is 1.19 bits per heavy atom. The van der Waals surface area contributed by atoms with E-state index in [2.05, 4.69) is 38.4 Å². The first kappa shape index (κ1) is 24.3. The third-order valence-corrected chi connectivity index (χ3v) is 6.31. The number of aromatic amines is 1. The van der Waals surface area contributed by atoms with E-state index in [0.717, 1.165) is 24.2 Å². The molecule has 1 aliphatic rings. The normalized spacial score (nSPS) is 14.1. The Morgan fingerprint density at radius 2 is 2.00 bits per heavy atom. The Labute approximate surface area is 214 Å². The van der Waals surface area contributed by atoms with E-state index in [0.29, 0.717) is 45.2 Å². The first-order chi connectivity index (χ1) is 17.9. The number of fused-ring (bicyclic) bond motifs is 1. The van der Waals surface area contributed by atoms with Gasteiger partial charge < -0.3 is 10.3 Å². The van der Waals surface area contributed by atoms with E-state index in [1.165, 1.54) is 6.07 Å². The lowest BCUT2D eigenvalue weighted by Crippen LogP contribution is -2.01. The van der Waals surface area contributed by atoms with Crippen molar-refractivity contribution < 1.29 is 8.78 Å². The van der Waals surface area contributed by atoms with Crippen molar-refractivity contribution in [2.24, 2.45) is 5.92 Å². The molecule has 0 saturated heterocycles. The van der Waals surface area contributed by atoms with E-state index < -0.39 is 5.83 Å².